The van der Waals surface area contributed by atoms with Crippen molar-refractivity contribution in [2.24, 2.45) is 0 Å². The first-order valence-corrected chi connectivity index (χ1v) is 6.74. The van der Waals surface area contributed by atoms with Gasteiger partial charge in [0.25, 0.3) is 0 Å². The predicted molar refractivity (Wildman–Crippen MR) is 66.7 cm³/mol. The van der Waals surface area contributed by atoms with Crippen LogP contribution in [0.4, 0.5) is 0 Å². The highest BCUT2D eigenvalue weighted by Crippen LogP contribution is 2.29. The van der Waals surface area contributed by atoms with Gasteiger partial charge in [-0.25, -0.2) is 4.98 Å². The Morgan fingerprint density at radius 2 is 2.07 bits per heavy atom. The maximum Gasteiger partial charge on any atom is 0.154 e. The topological polar surface area (TPSA) is 12.9 Å². The Balaban J connectivity index is 2.04. The fourth-order valence-electron chi connectivity index (χ4n) is 1.37. The second-order valence-corrected chi connectivity index (χ2v) is 5.51. The SMILES string of the molecule is CCCc1ccc(Sc2nccs2)cc1. The zero-order chi connectivity index (χ0) is 10.5. The number of hydrogen-bond acceptors (Lipinski definition) is 3. The van der Waals surface area contributed by atoms with Crippen molar-refractivity contribution >= 4 is 23.1 Å². The van der Waals surface area contributed by atoms with Gasteiger partial charge in [-0.1, -0.05) is 37.2 Å². The number of aryl methyl sites for hydroxylation is 1. The van der Waals surface area contributed by atoms with Gasteiger partial charge in [-0.05, 0) is 24.1 Å². The Labute approximate surface area is 98.6 Å². The monoisotopic (exact) mass is 235 g/mol. The molecule has 0 saturated heterocycles. The number of aromatic nitrogens is 1. The summed E-state index contributed by atoms with van der Waals surface area (Å²) in [7, 11) is 0. The lowest BCUT2D eigenvalue weighted by Gasteiger charge is -2.00. The van der Waals surface area contributed by atoms with Gasteiger partial charge in [0.15, 0.2) is 4.34 Å². The maximum atomic E-state index is 4.25. The summed E-state index contributed by atoms with van der Waals surface area (Å²) in [5.74, 6) is 0. The molecule has 0 radical (unpaired) electrons. The molecule has 0 bridgehead atoms. The molecule has 3 heteroatoms. The van der Waals surface area contributed by atoms with Gasteiger partial charge in [0, 0.05) is 16.5 Å². The van der Waals surface area contributed by atoms with Crippen LogP contribution in [0, 0.1) is 0 Å². The van der Waals surface area contributed by atoms with Crippen LogP contribution in [-0.4, -0.2) is 4.98 Å². The van der Waals surface area contributed by atoms with Gasteiger partial charge in [0.2, 0.25) is 0 Å². The van der Waals surface area contributed by atoms with E-state index in [4.69, 9.17) is 0 Å². The number of nitrogens with zero attached hydrogens (tertiary/aromatic N) is 1. The Kier molecular flexibility index (Phi) is 3.80. The molecule has 0 fully saturated rings. The number of rotatable bonds is 4. The van der Waals surface area contributed by atoms with E-state index in [1.54, 1.807) is 23.1 Å². The van der Waals surface area contributed by atoms with Crippen LogP contribution in [0.15, 0.2) is 45.1 Å². The molecule has 0 spiro atoms. The predicted octanol–water partition coefficient (Wildman–Crippen LogP) is 4.25. The molecule has 2 aromatic rings. The van der Waals surface area contributed by atoms with E-state index in [2.05, 4.69) is 36.2 Å². The van der Waals surface area contributed by atoms with E-state index in [0.717, 1.165) is 4.34 Å². The van der Waals surface area contributed by atoms with Crippen molar-refractivity contribution in [3.63, 3.8) is 0 Å². The third-order valence-corrected chi connectivity index (χ3v) is 3.97. The summed E-state index contributed by atoms with van der Waals surface area (Å²) in [5, 5.41) is 2.01. The molecule has 0 atom stereocenters. The zero-order valence-electron chi connectivity index (χ0n) is 8.64. The summed E-state index contributed by atoms with van der Waals surface area (Å²) in [6, 6.07) is 8.77. The van der Waals surface area contributed by atoms with E-state index in [0.29, 0.717) is 0 Å². The minimum atomic E-state index is 1.11. The van der Waals surface area contributed by atoms with Crippen LogP contribution < -0.4 is 0 Å². The first-order chi connectivity index (χ1) is 7.38. The smallest absolute Gasteiger partial charge is 0.154 e. The Morgan fingerprint density at radius 3 is 2.67 bits per heavy atom. The lowest BCUT2D eigenvalue weighted by Crippen LogP contribution is -1.81. The van der Waals surface area contributed by atoms with Gasteiger partial charge in [-0.3, -0.25) is 0 Å². The molecular weight excluding hydrogens is 222 g/mol. The lowest BCUT2D eigenvalue weighted by molar-refractivity contribution is 0.920. The number of benzene rings is 1. The third-order valence-electron chi connectivity index (χ3n) is 2.08. The van der Waals surface area contributed by atoms with E-state index in [1.165, 1.54) is 23.3 Å². The lowest BCUT2D eigenvalue weighted by atomic mass is 10.1. The van der Waals surface area contributed by atoms with Crippen LogP contribution in [0.2, 0.25) is 0 Å². The van der Waals surface area contributed by atoms with Gasteiger partial charge in [-0.2, -0.15) is 0 Å². The van der Waals surface area contributed by atoms with Gasteiger partial charge >= 0.3 is 0 Å². The first kappa shape index (κ1) is 10.7. The first-order valence-electron chi connectivity index (χ1n) is 5.05. The quantitative estimate of drug-likeness (QED) is 0.786. The molecule has 0 N–H and O–H groups in total. The molecule has 1 heterocycles. The number of thiazole rings is 1. The van der Waals surface area contributed by atoms with E-state index in [9.17, 15) is 0 Å². The maximum absolute atomic E-state index is 4.25. The van der Waals surface area contributed by atoms with Crippen LogP contribution in [-0.2, 0) is 6.42 Å². The van der Waals surface area contributed by atoms with E-state index >= 15 is 0 Å². The summed E-state index contributed by atoms with van der Waals surface area (Å²) in [5.41, 5.74) is 1.42. The van der Waals surface area contributed by atoms with Gasteiger partial charge in [0.05, 0.1) is 0 Å². The fourth-order valence-corrected chi connectivity index (χ4v) is 2.97. The standard InChI is InChI=1S/C12H13NS2/c1-2-3-10-4-6-11(7-5-10)15-12-13-8-9-14-12/h4-9H,2-3H2,1H3. The second kappa shape index (κ2) is 5.33. The molecule has 0 aliphatic heterocycles. The summed E-state index contributed by atoms with van der Waals surface area (Å²) >= 11 is 3.41. The average Bonchev–Trinajstić information content (AvgIpc) is 2.74. The van der Waals surface area contributed by atoms with Crippen molar-refractivity contribution in [2.75, 3.05) is 0 Å². The normalized spacial score (nSPS) is 10.5. The van der Waals surface area contributed by atoms with Crippen LogP contribution in [0.25, 0.3) is 0 Å². The van der Waals surface area contributed by atoms with Crippen molar-refractivity contribution in [3.05, 3.63) is 41.4 Å². The molecule has 15 heavy (non-hydrogen) atoms. The summed E-state index contributed by atoms with van der Waals surface area (Å²) in [6.45, 7) is 2.21. The van der Waals surface area contributed by atoms with Crippen molar-refractivity contribution in [1.82, 2.24) is 4.98 Å². The van der Waals surface area contributed by atoms with Crippen LogP contribution in [0.1, 0.15) is 18.9 Å². The van der Waals surface area contributed by atoms with Crippen molar-refractivity contribution in [1.29, 1.82) is 0 Å². The summed E-state index contributed by atoms with van der Waals surface area (Å²) < 4.78 is 1.11. The van der Waals surface area contributed by atoms with Gasteiger partial charge < -0.3 is 0 Å². The van der Waals surface area contributed by atoms with Crippen molar-refractivity contribution in [2.45, 2.75) is 29.0 Å². The molecule has 0 saturated carbocycles. The molecule has 0 aliphatic rings. The summed E-state index contributed by atoms with van der Waals surface area (Å²) in [6.07, 6.45) is 4.22. The summed E-state index contributed by atoms with van der Waals surface area (Å²) in [4.78, 5) is 5.52. The highest BCUT2D eigenvalue weighted by atomic mass is 32.2. The molecule has 1 aromatic heterocycles. The largest absolute Gasteiger partial charge is 0.238 e. The second-order valence-electron chi connectivity index (χ2n) is 3.29. The van der Waals surface area contributed by atoms with Crippen LogP contribution in [0.3, 0.4) is 0 Å². The molecule has 0 amide bonds. The minimum absolute atomic E-state index is 1.11. The van der Waals surface area contributed by atoms with Crippen molar-refractivity contribution < 1.29 is 0 Å². The molecule has 0 aliphatic carbocycles. The highest BCUT2D eigenvalue weighted by Gasteiger charge is 1.99. The minimum Gasteiger partial charge on any atom is -0.238 e. The van der Waals surface area contributed by atoms with Gasteiger partial charge in [-0.15, -0.1) is 11.3 Å². The van der Waals surface area contributed by atoms with Crippen LogP contribution >= 0.6 is 23.1 Å². The zero-order valence-corrected chi connectivity index (χ0v) is 10.3. The molecular formula is C12H13NS2. The molecule has 1 nitrogen and oxygen atoms in total. The van der Waals surface area contributed by atoms with E-state index in [1.807, 2.05) is 11.6 Å². The molecule has 0 unspecified atom stereocenters. The Bertz CT molecular complexity index is 392. The fraction of sp³-hybridized carbons (Fsp3) is 0.250. The van der Waals surface area contributed by atoms with E-state index in [-0.39, 0.29) is 0 Å². The Morgan fingerprint density at radius 1 is 1.27 bits per heavy atom. The van der Waals surface area contributed by atoms with Crippen LogP contribution in [0.5, 0.6) is 0 Å². The Hall–Kier alpha value is -0.800. The van der Waals surface area contributed by atoms with E-state index < -0.39 is 0 Å². The number of hydrogen-bond donors (Lipinski definition) is 0. The highest BCUT2D eigenvalue weighted by molar-refractivity contribution is 8.01. The van der Waals surface area contributed by atoms with Crippen molar-refractivity contribution in [3.8, 4) is 0 Å². The average molecular weight is 235 g/mol. The molecule has 78 valence electrons. The molecule has 2 rings (SSSR count). The third kappa shape index (κ3) is 3.08. The molecule has 1 aromatic carbocycles. The van der Waals surface area contributed by atoms with Gasteiger partial charge in [0.1, 0.15) is 0 Å².